The lowest BCUT2D eigenvalue weighted by Gasteiger charge is -2.14. The SMILES string of the molecule is COc1ccc(C(=O)CSc2nc3cc(C(=O)NC(C)C)ccc3c(=O)n2Cc2ccc(C)cc2)cc1. The molecule has 1 N–H and O–H groups in total. The van der Waals surface area contributed by atoms with Crippen LogP contribution in [0.5, 0.6) is 5.75 Å². The summed E-state index contributed by atoms with van der Waals surface area (Å²) in [7, 11) is 1.57. The minimum Gasteiger partial charge on any atom is -0.497 e. The lowest BCUT2D eigenvalue weighted by atomic mass is 10.1. The maximum Gasteiger partial charge on any atom is 0.262 e. The van der Waals surface area contributed by atoms with E-state index < -0.39 is 0 Å². The van der Waals surface area contributed by atoms with Crippen LogP contribution >= 0.6 is 11.8 Å². The Labute approximate surface area is 219 Å². The van der Waals surface area contributed by atoms with Gasteiger partial charge in [-0.2, -0.15) is 0 Å². The number of carbonyl (C=O) groups excluding carboxylic acids is 2. The number of ether oxygens (including phenoxy) is 1. The van der Waals surface area contributed by atoms with Gasteiger partial charge >= 0.3 is 0 Å². The van der Waals surface area contributed by atoms with Gasteiger partial charge in [-0.15, -0.1) is 0 Å². The Morgan fingerprint density at radius 1 is 1.00 bits per heavy atom. The minimum absolute atomic E-state index is 0.0197. The zero-order chi connectivity index (χ0) is 26.5. The van der Waals surface area contributed by atoms with E-state index in [9.17, 15) is 14.4 Å². The van der Waals surface area contributed by atoms with Crippen molar-refractivity contribution in [3.63, 3.8) is 0 Å². The molecule has 0 radical (unpaired) electrons. The number of nitrogens with zero attached hydrogens (tertiary/aromatic N) is 2. The molecule has 0 bridgehead atoms. The Morgan fingerprint density at radius 3 is 2.32 bits per heavy atom. The molecule has 0 unspecified atom stereocenters. The van der Waals surface area contributed by atoms with Crippen LogP contribution in [-0.4, -0.2) is 40.1 Å². The Bertz CT molecular complexity index is 1490. The predicted molar refractivity (Wildman–Crippen MR) is 147 cm³/mol. The number of hydrogen-bond donors (Lipinski definition) is 1. The van der Waals surface area contributed by atoms with Gasteiger partial charge in [-0.25, -0.2) is 4.98 Å². The third kappa shape index (κ3) is 6.27. The zero-order valence-corrected chi connectivity index (χ0v) is 22.1. The van der Waals surface area contributed by atoms with Crippen LogP contribution in [0.3, 0.4) is 0 Å². The first-order chi connectivity index (χ1) is 17.7. The van der Waals surface area contributed by atoms with E-state index in [0.717, 1.165) is 11.1 Å². The lowest BCUT2D eigenvalue weighted by Crippen LogP contribution is -2.30. The quantitative estimate of drug-likeness (QED) is 0.194. The second-order valence-corrected chi connectivity index (χ2v) is 10.0. The van der Waals surface area contributed by atoms with Gasteiger partial charge in [0.15, 0.2) is 10.9 Å². The molecule has 37 heavy (non-hydrogen) atoms. The number of amides is 1. The fourth-order valence-electron chi connectivity index (χ4n) is 3.80. The van der Waals surface area contributed by atoms with Gasteiger partial charge in [0.25, 0.3) is 11.5 Å². The molecule has 8 heteroatoms. The molecule has 1 heterocycles. The van der Waals surface area contributed by atoms with Gasteiger partial charge in [-0.3, -0.25) is 19.0 Å². The van der Waals surface area contributed by atoms with Crippen LogP contribution < -0.4 is 15.6 Å². The van der Waals surface area contributed by atoms with Crippen molar-refractivity contribution in [2.24, 2.45) is 0 Å². The van der Waals surface area contributed by atoms with Gasteiger partial charge in [0.05, 0.1) is 30.3 Å². The van der Waals surface area contributed by atoms with Gasteiger partial charge in [0, 0.05) is 17.2 Å². The molecule has 0 atom stereocenters. The number of Topliss-reactive ketones (excluding diaryl/α,β-unsaturated/α-hetero) is 1. The molecule has 0 saturated heterocycles. The molecule has 1 amide bonds. The number of hydrogen-bond acceptors (Lipinski definition) is 6. The molecule has 4 rings (SSSR count). The number of thioether (sulfide) groups is 1. The number of ketones is 1. The molecule has 0 spiro atoms. The fourth-order valence-corrected chi connectivity index (χ4v) is 4.70. The summed E-state index contributed by atoms with van der Waals surface area (Å²) in [5.74, 6) is 0.455. The van der Waals surface area contributed by atoms with Crippen molar-refractivity contribution in [3.05, 3.63) is 99.3 Å². The second kappa shape index (κ2) is 11.4. The summed E-state index contributed by atoms with van der Waals surface area (Å²) in [5.41, 5.74) is 3.25. The summed E-state index contributed by atoms with van der Waals surface area (Å²) in [6.45, 7) is 6.09. The van der Waals surface area contributed by atoms with Crippen molar-refractivity contribution >= 4 is 34.4 Å². The second-order valence-electron chi connectivity index (χ2n) is 9.07. The van der Waals surface area contributed by atoms with Crippen molar-refractivity contribution in [1.29, 1.82) is 0 Å². The summed E-state index contributed by atoms with van der Waals surface area (Å²) < 4.78 is 6.76. The van der Waals surface area contributed by atoms with E-state index in [4.69, 9.17) is 9.72 Å². The molecule has 7 nitrogen and oxygen atoms in total. The standard InChI is InChI=1S/C29H29N3O4S/c1-18(2)30-27(34)22-11-14-24-25(15-22)31-29(32(28(24)35)16-20-7-5-19(3)6-8-20)37-17-26(33)21-9-12-23(36-4)13-10-21/h5-15,18H,16-17H2,1-4H3,(H,30,34). The van der Waals surface area contributed by atoms with E-state index in [1.165, 1.54) is 11.8 Å². The first-order valence-corrected chi connectivity index (χ1v) is 12.9. The fraction of sp³-hybridized carbons (Fsp3) is 0.241. The molecule has 190 valence electrons. The Balaban J connectivity index is 1.71. The molecule has 4 aromatic rings. The molecular weight excluding hydrogens is 486 g/mol. The number of aromatic nitrogens is 2. The highest BCUT2D eigenvalue weighted by Gasteiger charge is 2.17. The van der Waals surface area contributed by atoms with Crippen LogP contribution in [0.15, 0.2) is 76.7 Å². The zero-order valence-electron chi connectivity index (χ0n) is 21.3. The molecule has 1 aromatic heterocycles. The molecular formula is C29H29N3O4S. The predicted octanol–water partition coefficient (Wildman–Crippen LogP) is 4.88. The van der Waals surface area contributed by atoms with Crippen molar-refractivity contribution in [1.82, 2.24) is 14.9 Å². The van der Waals surface area contributed by atoms with E-state index in [1.54, 1.807) is 54.1 Å². The summed E-state index contributed by atoms with van der Waals surface area (Å²) in [6.07, 6.45) is 0. The largest absolute Gasteiger partial charge is 0.497 e. The van der Waals surface area contributed by atoms with Gasteiger partial charge < -0.3 is 10.1 Å². The van der Waals surface area contributed by atoms with Crippen molar-refractivity contribution < 1.29 is 14.3 Å². The first-order valence-electron chi connectivity index (χ1n) is 12.0. The Morgan fingerprint density at radius 2 is 1.68 bits per heavy atom. The Hall–Kier alpha value is -3.91. The van der Waals surface area contributed by atoms with Crippen LogP contribution in [0.1, 0.15) is 45.7 Å². The maximum absolute atomic E-state index is 13.6. The van der Waals surface area contributed by atoms with Crippen molar-refractivity contribution in [2.75, 3.05) is 12.9 Å². The summed E-state index contributed by atoms with van der Waals surface area (Å²) in [6, 6.07) is 19.7. The summed E-state index contributed by atoms with van der Waals surface area (Å²) in [5, 5.41) is 3.69. The van der Waals surface area contributed by atoms with Crippen LogP contribution in [0.25, 0.3) is 10.9 Å². The average Bonchev–Trinajstić information content (AvgIpc) is 2.89. The summed E-state index contributed by atoms with van der Waals surface area (Å²) in [4.78, 5) is 43.7. The number of carbonyl (C=O) groups is 2. The topological polar surface area (TPSA) is 90.3 Å². The third-order valence-electron chi connectivity index (χ3n) is 5.81. The molecule has 0 saturated carbocycles. The van der Waals surface area contributed by atoms with Crippen molar-refractivity contribution in [2.45, 2.75) is 38.5 Å². The maximum atomic E-state index is 13.6. The number of methoxy groups -OCH3 is 1. The van der Waals surface area contributed by atoms with Crippen LogP contribution in [0.4, 0.5) is 0 Å². The van der Waals surface area contributed by atoms with Gasteiger partial charge in [0.1, 0.15) is 5.75 Å². The number of rotatable bonds is 9. The van der Waals surface area contributed by atoms with Crippen molar-refractivity contribution in [3.8, 4) is 5.75 Å². The molecule has 0 aliphatic carbocycles. The number of nitrogens with one attached hydrogen (secondary N) is 1. The van der Waals surface area contributed by atoms with E-state index in [2.05, 4.69) is 5.32 Å². The highest BCUT2D eigenvalue weighted by molar-refractivity contribution is 7.99. The van der Waals surface area contributed by atoms with Gasteiger partial charge in [-0.05, 0) is 68.8 Å². The van der Waals surface area contributed by atoms with Gasteiger partial charge in [0.2, 0.25) is 0 Å². The molecule has 0 fully saturated rings. The lowest BCUT2D eigenvalue weighted by molar-refractivity contribution is 0.0942. The van der Waals surface area contributed by atoms with E-state index in [-0.39, 0.29) is 29.0 Å². The van der Waals surface area contributed by atoms with Crippen LogP contribution in [0, 0.1) is 6.92 Å². The molecule has 0 aliphatic heterocycles. The monoisotopic (exact) mass is 515 g/mol. The molecule has 0 aliphatic rings. The Kier molecular flexibility index (Phi) is 8.08. The van der Waals surface area contributed by atoms with Gasteiger partial charge in [-0.1, -0.05) is 41.6 Å². The van der Waals surface area contributed by atoms with E-state index in [0.29, 0.717) is 39.5 Å². The normalized spacial score (nSPS) is 11.1. The highest BCUT2D eigenvalue weighted by atomic mass is 32.2. The minimum atomic E-state index is -0.230. The number of aryl methyl sites for hydroxylation is 1. The number of benzene rings is 3. The number of fused-ring (bicyclic) bond motifs is 1. The van der Waals surface area contributed by atoms with E-state index in [1.807, 2.05) is 45.0 Å². The highest BCUT2D eigenvalue weighted by Crippen LogP contribution is 2.22. The van der Waals surface area contributed by atoms with E-state index >= 15 is 0 Å². The third-order valence-corrected chi connectivity index (χ3v) is 6.78. The molecule has 3 aromatic carbocycles. The smallest absolute Gasteiger partial charge is 0.262 e. The summed E-state index contributed by atoms with van der Waals surface area (Å²) >= 11 is 1.21. The first kappa shape index (κ1) is 26.2. The van der Waals surface area contributed by atoms with Crippen LogP contribution in [-0.2, 0) is 6.54 Å². The average molecular weight is 516 g/mol. The van der Waals surface area contributed by atoms with Crippen LogP contribution in [0.2, 0.25) is 0 Å².